The van der Waals surface area contributed by atoms with Gasteiger partial charge in [-0.2, -0.15) is 0 Å². The number of carbonyl (C=O) groups is 1. The third kappa shape index (κ3) is 5.72. The van der Waals surface area contributed by atoms with Gasteiger partial charge in [0.1, 0.15) is 59.5 Å². The molecule has 0 spiro atoms. The maximum atomic E-state index is 13.0. The lowest BCUT2D eigenvalue weighted by Crippen LogP contribution is -2.58. The normalized spacial score (nSPS) is 32.8. The Kier molecular flexibility index (Phi) is 8.75. The maximum absolute atomic E-state index is 13.0. The van der Waals surface area contributed by atoms with Crippen LogP contribution in [0.3, 0.4) is 0 Å². The molecule has 0 aromatic heterocycles. The van der Waals surface area contributed by atoms with Crippen LogP contribution in [0.25, 0.3) is 0 Å². The van der Waals surface area contributed by atoms with Crippen molar-refractivity contribution in [1.82, 2.24) is 0 Å². The molecular formula is C26H32O13. The first-order chi connectivity index (χ1) is 18.5. The lowest BCUT2D eigenvalue weighted by atomic mass is 9.88. The number of hydrogen-bond acceptors (Lipinski definition) is 13. The molecule has 2 aliphatic rings. The Balaban J connectivity index is 1.64. The second kappa shape index (κ2) is 11.7. The van der Waals surface area contributed by atoms with Crippen molar-refractivity contribution < 1.29 is 65.0 Å². The number of aliphatic hydroxyl groups is 6. The maximum Gasteiger partial charge on any atom is 0.187 e. The molecule has 0 bridgehead atoms. The van der Waals surface area contributed by atoms with Crippen LogP contribution in [0.2, 0.25) is 0 Å². The SMILES string of the molecule is O=C(CCc1ccc(O)cc1)c1ccc(O)c([C@@H]2O[C@H](CO)[C@@H](O)[C@H](O)[C@H]2O[C@@H]2OC[C@](O)(CO)[C@H]2O)c1O. The molecule has 39 heavy (non-hydrogen) atoms. The van der Waals surface area contributed by atoms with E-state index in [1.54, 1.807) is 12.1 Å². The van der Waals surface area contributed by atoms with Gasteiger partial charge in [-0.25, -0.2) is 0 Å². The van der Waals surface area contributed by atoms with E-state index in [4.69, 9.17) is 14.2 Å². The first-order valence-corrected chi connectivity index (χ1v) is 12.3. The third-order valence-electron chi connectivity index (χ3n) is 7.09. The van der Waals surface area contributed by atoms with Crippen LogP contribution in [0.4, 0.5) is 0 Å². The van der Waals surface area contributed by atoms with Crippen LogP contribution in [0, 0.1) is 0 Å². The Morgan fingerprint density at radius 1 is 1.00 bits per heavy atom. The van der Waals surface area contributed by atoms with E-state index >= 15 is 0 Å². The molecule has 9 N–H and O–H groups in total. The summed E-state index contributed by atoms with van der Waals surface area (Å²) >= 11 is 0. The van der Waals surface area contributed by atoms with E-state index in [0.29, 0.717) is 0 Å². The summed E-state index contributed by atoms with van der Waals surface area (Å²) in [4.78, 5) is 13.0. The highest BCUT2D eigenvalue weighted by atomic mass is 16.7. The van der Waals surface area contributed by atoms with E-state index in [0.717, 1.165) is 11.6 Å². The van der Waals surface area contributed by atoms with E-state index in [1.807, 2.05) is 0 Å². The third-order valence-corrected chi connectivity index (χ3v) is 7.09. The molecule has 4 rings (SSSR count). The predicted octanol–water partition coefficient (Wildman–Crippen LogP) is -1.40. The summed E-state index contributed by atoms with van der Waals surface area (Å²) < 4.78 is 16.6. The zero-order valence-corrected chi connectivity index (χ0v) is 20.7. The summed E-state index contributed by atoms with van der Waals surface area (Å²) in [5, 5.41) is 92.2. The van der Waals surface area contributed by atoms with E-state index in [9.17, 15) is 50.8 Å². The second-order valence-corrected chi connectivity index (χ2v) is 9.73. The number of aliphatic hydroxyl groups excluding tert-OH is 5. The standard InChI is InChI=1S/C26H32O13/c27-9-17-20(33)21(34)23(39-25-24(35)26(36,10-28)11-37-25)22(38-17)18-16(31)8-6-14(19(18)32)15(30)7-3-12-1-4-13(29)5-2-12/h1-2,4-6,8,17,20-25,27-29,31-36H,3,7,9-11H2/t17-,20-,21+,22+,23-,24+,25+,26-/m1/s1. The summed E-state index contributed by atoms with van der Waals surface area (Å²) in [7, 11) is 0. The molecule has 0 amide bonds. The van der Waals surface area contributed by atoms with Crippen molar-refractivity contribution in [3.63, 3.8) is 0 Å². The largest absolute Gasteiger partial charge is 0.508 e. The topological polar surface area (TPSA) is 227 Å². The second-order valence-electron chi connectivity index (χ2n) is 9.73. The van der Waals surface area contributed by atoms with Crippen molar-refractivity contribution in [2.75, 3.05) is 19.8 Å². The zero-order chi connectivity index (χ0) is 28.5. The fourth-order valence-corrected chi connectivity index (χ4v) is 4.70. The van der Waals surface area contributed by atoms with Gasteiger partial charge in [0, 0.05) is 6.42 Å². The molecule has 2 heterocycles. The molecule has 214 valence electrons. The summed E-state index contributed by atoms with van der Waals surface area (Å²) in [5.74, 6) is -1.68. The number of aryl methyl sites for hydroxylation is 1. The van der Waals surface area contributed by atoms with Gasteiger partial charge in [0.2, 0.25) is 0 Å². The first kappa shape index (κ1) is 29.1. The van der Waals surface area contributed by atoms with Crippen LogP contribution >= 0.6 is 0 Å². The predicted molar refractivity (Wildman–Crippen MR) is 130 cm³/mol. The molecule has 0 aliphatic carbocycles. The highest BCUT2D eigenvalue weighted by Gasteiger charge is 2.53. The highest BCUT2D eigenvalue weighted by molar-refractivity contribution is 5.99. The van der Waals surface area contributed by atoms with Gasteiger partial charge < -0.3 is 60.2 Å². The number of ether oxygens (including phenoxy) is 3. The Bertz CT molecular complexity index is 1160. The summed E-state index contributed by atoms with van der Waals surface area (Å²) in [6.45, 7) is -2.15. The van der Waals surface area contributed by atoms with Gasteiger partial charge >= 0.3 is 0 Å². The number of benzene rings is 2. The minimum Gasteiger partial charge on any atom is -0.508 e. The van der Waals surface area contributed by atoms with Gasteiger partial charge in [0.15, 0.2) is 12.1 Å². The van der Waals surface area contributed by atoms with Crippen LogP contribution in [0.5, 0.6) is 17.2 Å². The molecule has 8 atom stereocenters. The van der Waals surface area contributed by atoms with Crippen LogP contribution in [0.1, 0.15) is 34.0 Å². The van der Waals surface area contributed by atoms with Crippen LogP contribution in [0.15, 0.2) is 36.4 Å². The Morgan fingerprint density at radius 2 is 1.69 bits per heavy atom. The van der Waals surface area contributed by atoms with Crippen LogP contribution in [-0.4, -0.2) is 114 Å². The van der Waals surface area contributed by atoms with Crippen LogP contribution < -0.4 is 0 Å². The summed E-state index contributed by atoms with van der Waals surface area (Å²) in [6.07, 6.45) is -11.3. The van der Waals surface area contributed by atoms with Crippen molar-refractivity contribution >= 4 is 5.78 Å². The van der Waals surface area contributed by atoms with Gasteiger partial charge in [-0.15, -0.1) is 0 Å². The van der Waals surface area contributed by atoms with Crippen molar-refractivity contribution in [1.29, 1.82) is 0 Å². The lowest BCUT2D eigenvalue weighted by molar-refractivity contribution is -0.287. The van der Waals surface area contributed by atoms with Crippen molar-refractivity contribution in [3.8, 4) is 17.2 Å². The van der Waals surface area contributed by atoms with Gasteiger partial charge in [0.25, 0.3) is 0 Å². The fourth-order valence-electron chi connectivity index (χ4n) is 4.70. The summed E-state index contributed by atoms with van der Waals surface area (Å²) in [6, 6.07) is 8.55. The number of phenols is 3. The van der Waals surface area contributed by atoms with Crippen molar-refractivity contribution in [2.45, 2.75) is 61.4 Å². The highest BCUT2D eigenvalue weighted by Crippen LogP contribution is 2.45. The lowest BCUT2D eigenvalue weighted by Gasteiger charge is -2.43. The Hall–Kier alpha value is -2.85. The zero-order valence-electron chi connectivity index (χ0n) is 20.7. The summed E-state index contributed by atoms with van der Waals surface area (Å²) in [5.41, 5.74) is -1.88. The molecular weight excluding hydrogens is 520 g/mol. The quantitative estimate of drug-likeness (QED) is 0.163. The average molecular weight is 553 g/mol. The van der Waals surface area contributed by atoms with E-state index < -0.39 is 85.6 Å². The molecule has 2 aromatic carbocycles. The van der Waals surface area contributed by atoms with Crippen LogP contribution in [-0.2, 0) is 20.6 Å². The molecule has 13 nitrogen and oxygen atoms in total. The Labute approximate surface area is 222 Å². The fraction of sp³-hybridized carbons (Fsp3) is 0.500. The Morgan fingerprint density at radius 3 is 2.31 bits per heavy atom. The minimum absolute atomic E-state index is 0.0452. The monoisotopic (exact) mass is 552 g/mol. The molecule has 0 saturated carbocycles. The molecule has 2 saturated heterocycles. The van der Waals surface area contributed by atoms with Crippen molar-refractivity contribution in [2.24, 2.45) is 0 Å². The molecule has 2 fully saturated rings. The molecule has 0 radical (unpaired) electrons. The number of rotatable bonds is 9. The van der Waals surface area contributed by atoms with Gasteiger partial charge in [-0.05, 0) is 36.2 Å². The molecule has 2 aliphatic heterocycles. The van der Waals surface area contributed by atoms with Gasteiger partial charge in [-0.1, -0.05) is 12.1 Å². The molecule has 2 aromatic rings. The van der Waals surface area contributed by atoms with E-state index in [1.165, 1.54) is 18.2 Å². The number of ketones is 1. The van der Waals surface area contributed by atoms with E-state index in [2.05, 4.69) is 0 Å². The minimum atomic E-state index is -2.07. The first-order valence-electron chi connectivity index (χ1n) is 12.3. The van der Waals surface area contributed by atoms with E-state index in [-0.39, 0.29) is 29.7 Å². The number of hydrogen-bond donors (Lipinski definition) is 9. The number of carbonyl (C=O) groups excluding carboxylic acids is 1. The van der Waals surface area contributed by atoms with Gasteiger partial charge in [-0.3, -0.25) is 4.79 Å². The number of aromatic hydroxyl groups is 3. The number of phenolic OH excluding ortho intramolecular Hbond substituents is 3. The average Bonchev–Trinajstić information content (AvgIpc) is 3.21. The smallest absolute Gasteiger partial charge is 0.187 e. The molecule has 0 unspecified atom stereocenters. The number of Topliss-reactive ketones (excluding diaryl/α,β-unsaturated/α-hetero) is 1. The van der Waals surface area contributed by atoms with Gasteiger partial charge in [0.05, 0.1) is 30.9 Å². The molecule has 13 heteroatoms. The van der Waals surface area contributed by atoms with Crippen molar-refractivity contribution in [3.05, 3.63) is 53.1 Å².